The van der Waals surface area contributed by atoms with Gasteiger partial charge in [0.05, 0.1) is 0 Å². The molecule has 0 spiro atoms. The molecule has 92 valence electrons. The van der Waals surface area contributed by atoms with Crippen molar-refractivity contribution in [3.8, 4) is 0 Å². The van der Waals surface area contributed by atoms with E-state index in [1.165, 1.54) is 13.0 Å². The van der Waals surface area contributed by atoms with Crippen LogP contribution >= 0.6 is 0 Å². The number of carbonyl (C=O) groups excluding carboxylic acids is 1. The minimum Gasteiger partial charge on any atom is -0.423 e. The second kappa shape index (κ2) is 4.95. The van der Waals surface area contributed by atoms with Crippen LogP contribution in [-0.4, -0.2) is 31.9 Å². The predicted molar refractivity (Wildman–Crippen MR) is 60.1 cm³/mol. The van der Waals surface area contributed by atoms with Gasteiger partial charge in [0.2, 0.25) is 0 Å². The highest BCUT2D eigenvalue weighted by molar-refractivity contribution is 7.85. The molecule has 0 bridgehead atoms. The van der Waals surface area contributed by atoms with Gasteiger partial charge in [-0.25, -0.2) is 0 Å². The van der Waals surface area contributed by atoms with Crippen LogP contribution in [0.5, 0.6) is 0 Å². The van der Waals surface area contributed by atoms with Crippen molar-refractivity contribution in [3.63, 3.8) is 0 Å². The van der Waals surface area contributed by atoms with Gasteiger partial charge in [0.25, 0.3) is 0 Å². The number of halogens is 1. The number of aldehydes is 1. The Labute approximate surface area is 98.3 Å². The van der Waals surface area contributed by atoms with Crippen molar-refractivity contribution in [2.75, 3.05) is 0 Å². The average Bonchev–Trinajstić information content (AvgIpc) is 2.17. The summed E-state index contributed by atoms with van der Waals surface area (Å²) in [5, 5.41) is 18.1. The summed E-state index contributed by atoms with van der Waals surface area (Å²) in [7, 11) is -6.59. The topological polar surface area (TPSA) is 91.7 Å². The van der Waals surface area contributed by atoms with Crippen LogP contribution in [0.2, 0.25) is 0 Å². The second-order valence-corrected chi connectivity index (χ2v) is 4.94. The fourth-order valence-electron chi connectivity index (χ4n) is 1.50. The van der Waals surface area contributed by atoms with E-state index in [2.05, 4.69) is 0 Å². The Morgan fingerprint density at radius 2 is 2.00 bits per heavy atom. The van der Waals surface area contributed by atoms with Crippen molar-refractivity contribution >= 4 is 29.1 Å². The van der Waals surface area contributed by atoms with Gasteiger partial charge in [0.1, 0.15) is 12.0 Å². The Balaban J connectivity index is 3.35. The van der Waals surface area contributed by atoms with Crippen molar-refractivity contribution in [3.05, 3.63) is 28.8 Å². The van der Waals surface area contributed by atoms with Crippen molar-refractivity contribution in [1.29, 1.82) is 0 Å². The summed E-state index contributed by atoms with van der Waals surface area (Å²) >= 11 is 0. The second-order valence-electron chi connectivity index (χ2n) is 3.57. The normalized spacial score (nSPS) is 11.3. The maximum atomic E-state index is 12.5. The monoisotopic (exact) mass is 260 g/mol. The first kappa shape index (κ1) is 13.8. The first-order valence-corrected chi connectivity index (χ1v) is 6.17. The smallest absolute Gasteiger partial charge is 0.423 e. The summed E-state index contributed by atoms with van der Waals surface area (Å²) in [6.07, 6.45) is 0.440. The van der Waals surface area contributed by atoms with Gasteiger partial charge in [0.15, 0.2) is 0 Å². The summed E-state index contributed by atoms with van der Waals surface area (Å²) in [6.45, 7) is 1.48. The lowest BCUT2D eigenvalue weighted by Gasteiger charge is -2.09. The molecule has 0 radical (unpaired) electrons. The van der Waals surface area contributed by atoms with Gasteiger partial charge in [-0.15, -0.1) is 3.89 Å². The minimum atomic E-state index is -4.74. The molecule has 0 aliphatic carbocycles. The molecule has 0 aromatic heterocycles. The molecule has 0 heterocycles. The van der Waals surface area contributed by atoms with Crippen LogP contribution < -0.4 is 5.46 Å². The van der Waals surface area contributed by atoms with Crippen molar-refractivity contribution < 1.29 is 27.1 Å². The number of rotatable bonds is 4. The molecule has 0 atom stereocenters. The maximum Gasteiger partial charge on any atom is 0.488 e. The summed E-state index contributed by atoms with van der Waals surface area (Å²) in [6, 6.07) is 2.34. The van der Waals surface area contributed by atoms with Crippen molar-refractivity contribution in [2.45, 2.75) is 12.7 Å². The summed E-state index contributed by atoms with van der Waals surface area (Å²) < 4.78 is 33.5. The quantitative estimate of drug-likeness (QED) is 0.423. The van der Waals surface area contributed by atoms with Gasteiger partial charge in [0, 0.05) is 5.56 Å². The van der Waals surface area contributed by atoms with Gasteiger partial charge in [-0.2, -0.15) is 8.42 Å². The molecular weight excluding hydrogens is 250 g/mol. The number of carbonyl (C=O) groups is 1. The summed E-state index contributed by atoms with van der Waals surface area (Å²) in [5.41, 5.74) is 0.376. The zero-order valence-corrected chi connectivity index (χ0v) is 9.74. The van der Waals surface area contributed by atoms with Gasteiger partial charge < -0.3 is 10.0 Å². The third kappa shape index (κ3) is 3.62. The number of hydrogen-bond donors (Lipinski definition) is 2. The number of benzene rings is 1. The molecule has 17 heavy (non-hydrogen) atoms. The van der Waals surface area contributed by atoms with E-state index in [0.717, 1.165) is 6.07 Å². The molecule has 0 saturated heterocycles. The van der Waals surface area contributed by atoms with E-state index in [-0.39, 0.29) is 16.6 Å². The Morgan fingerprint density at radius 3 is 2.41 bits per heavy atom. The lowest BCUT2D eigenvalue weighted by atomic mass is 9.75. The number of hydrogen-bond acceptors (Lipinski definition) is 5. The molecule has 0 amide bonds. The highest BCUT2D eigenvalue weighted by Gasteiger charge is 2.19. The van der Waals surface area contributed by atoms with E-state index in [1.807, 2.05) is 0 Å². The van der Waals surface area contributed by atoms with Crippen molar-refractivity contribution in [2.24, 2.45) is 0 Å². The molecule has 0 unspecified atom stereocenters. The molecule has 1 aromatic carbocycles. The Kier molecular flexibility index (Phi) is 4.02. The van der Waals surface area contributed by atoms with Gasteiger partial charge in [-0.05, 0) is 29.6 Å². The lowest BCUT2D eigenvalue weighted by molar-refractivity contribution is 0.112. The predicted octanol–water partition coefficient (Wildman–Crippen LogP) is -0.713. The molecule has 0 aliphatic rings. The molecular formula is C9H10BFO5S. The largest absolute Gasteiger partial charge is 0.488 e. The molecule has 5 nitrogen and oxygen atoms in total. The molecule has 1 aromatic rings. The van der Waals surface area contributed by atoms with Crippen molar-refractivity contribution in [1.82, 2.24) is 0 Å². The van der Waals surface area contributed by atoms with Gasteiger partial charge in [-0.1, -0.05) is 6.07 Å². The van der Waals surface area contributed by atoms with E-state index in [4.69, 9.17) is 10.0 Å². The van der Waals surface area contributed by atoms with Crippen LogP contribution in [0.3, 0.4) is 0 Å². The third-order valence-corrected chi connectivity index (χ3v) is 2.97. The molecule has 8 heteroatoms. The standard InChI is InChI=1S/C9H10BFO5S/c1-6-8(4-12)2-7(5-17(11,15)16)3-9(6)10(13)14/h2-4,13-14H,5H2,1H3. The van der Waals surface area contributed by atoms with E-state index in [9.17, 15) is 17.1 Å². The van der Waals surface area contributed by atoms with Crippen LogP contribution in [0.25, 0.3) is 0 Å². The fourth-order valence-corrected chi connectivity index (χ4v) is 2.06. The highest BCUT2D eigenvalue weighted by atomic mass is 32.3. The van der Waals surface area contributed by atoms with Crippen LogP contribution in [0.15, 0.2) is 12.1 Å². The van der Waals surface area contributed by atoms with E-state index < -0.39 is 23.1 Å². The van der Waals surface area contributed by atoms with Crippen LogP contribution in [-0.2, 0) is 16.0 Å². The van der Waals surface area contributed by atoms with Gasteiger partial charge >= 0.3 is 17.3 Å². The zero-order valence-electron chi connectivity index (χ0n) is 8.92. The van der Waals surface area contributed by atoms with Crippen LogP contribution in [0.1, 0.15) is 21.5 Å². The minimum absolute atomic E-state index is 0.0108. The lowest BCUT2D eigenvalue weighted by Crippen LogP contribution is -2.33. The Bertz CT molecular complexity index is 541. The summed E-state index contributed by atoms with van der Waals surface area (Å²) in [5.74, 6) is -0.909. The Morgan fingerprint density at radius 1 is 1.41 bits per heavy atom. The Hall–Kier alpha value is -1.25. The van der Waals surface area contributed by atoms with Crippen LogP contribution in [0.4, 0.5) is 3.89 Å². The average molecular weight is 260 g/mol. The SMILES string of the molecule is Cc1c(C=O)cc(CS(=O)(=O)F)cc1B(O)O. The fraction of sp³-hybridized carbons (Fsp3) is 0.222. The molecule has 1 rings (SSSR count). The van der Waals surface area contributed by atoms with E-state index in [1.54, 1.807) is 0 Å². The first-order valence-electron chi connectivity index (χ1n) is 4.61. The molecule has 0 fully saturated rings. The molecule has 0 saturated carbocycles. The van der Waals surface area contributed by atoms with E-state index >= 15 is 0 Å². The highest BCUT2D eigenvalue weighted by Crippen LogP contribution is 2.12. The summed E-state index contributed by atoms with van der Waals surface area (Å²) in [4.78, 5) is 10.7. The van der Waals surface area contributed by atoms with E-state index in [0.29, 0.717) is 11.8 Å². The third-order valence-electron chi connectivity index (χ3n) is 2.29. The first-order chi connectivity index (χ1) is 7.74. The zero-order chi connectivity index (χ0) is 13.2. The maximum absolute atomic E-state index is 12.5. The van der Waals surface area contributed by atoms with Crippen LogP contribution in [0, 0.1) is 6.92 Å². The van der Waals surface area contributed by atoms with Gasteiger partial charge in [-0.3, -0.25) is 4.79 Å². The molecule has 0 aliphatic heterocycles. The molecule has 2 N–H and O–H groups in total.